The van der Waals surface area contributed by atoms with Crippen LogP contribution in [-0.4, -0.2) is 34.7 Å². The van der Waals surface area contributed by atoms with Gasteiger partial charge >= 0.3 is 0 Å². The summed E-state index contributed by atoms with van der Waals surface area (Å²) >= 11 is 0. The zero-order valence-electron chi connectivity index (χ0n) is 8.73. The Morgan fingerprint density at radius 2 is 2.17 bits per heavy atom. The van der Waals surface area contributed by atoms with E-state index in [-0.39, 0.29) is 0 Å². The molecule has 0 saturated heterocycles. The lowest BCUT2D eigenvalue weighted by Crippen LogP contribution is -2.14. The number of hydrogen-bond acceptors (Lipinski definition) is 2. The van der Waals surface area contributed by atoms with E-state index >= 15 is 0 Å². The molecule has 1 unspecified atom stereocenters. The summed E-state index contributed by atoms with van der Waals surface area (Å²) in [6.07, 6.45) is 3.60. The van der Waals surface area contributed by atoms with Gasteiger partial charge in [-0.05, 0) is 26.4 Å². The minimum atomic E-state index is 0.778. The molecule has 0 aliphatic heterocycles. The quantitative estimate of drug-likeness (QED) is 0.431. The first-order valence-electron chi connectivity index (χ1n) is 5.03. The fourth-order valence-corrected chi connectivity index (χ4v) is 1.23. The highest BCUT2D eigenvalue weighted by Crippen LogP contribution is 2.06. The standard InChI is InChI=1S/C9H22BNO/c1-3-6-12-7-4-5-9(10)8-11-2/h9,11H,3-8,10H2,1-2H3. The first kappa shape index (κ1) is 12.0. The highest BCUT2D eigenvalue weighted by Gasteiger charge is 1.99. The molecule has 0 aliphatic carbocycles. The van der Waals surface area contributed by atoms with Crippen LogP contribution in [0.25, 0.3) is 0 Å². The maximum Gasteiger partial charge on any atom is 0.107 e. The van der Waals surface area contributed by atoms with Crippen molar-refractivity contribution in [3.63, 3.8) is 0 Å². The molecule has 0 aromatic rings. The highest BCUT2D eigenvalue weighted by atomic mass is 16.5. The minimum Gasteiger partial charge on any atom is -0.381 e. The molecule has 1 atom stereocenters. The number of hydrogen-bond donors (Lipinski definition) is 1. The Balaban J connectivity index is 2.97. The molecule has 0 bridgehead atoms. The van der Waals surface area contributed by atoms with Gasteiger partial charge in [-0.3, -0.25) is 0 Å². The highest BCUT2D eigenvalue weighted by molar-refractivity contribution is 6.11. The minimum absolute atomic E-state index is 0.778. The van der Waals surface area contributed by atoms with E-state index in [9.17, 15) is 0 Å². The van der Waals surface area contributed by atoms with Gasteiger partial charge in [0.05, 0.1) is 0 Å². The first-order chi connectivity index (χ1) is 5.81. The smallest absolute Gasteiger partial charge is 0.107 e. The Bertz CT molecular complexity index is 90.6. The summed E-state index contributed by atoms with van der Waals surface area (Å²) in [5, 5.41) is 3.18. The van der Waals surface area contributed by atoms with Gasteiger partial charge in [0.15, 0.2) is 0 Å². The molecule has 0 fully saturated rings. The van der Waals surface area contributed by atoms with Gasteiger partial charge in [0, 0.05) is 13.2 Å². The summed E-state index contributed by atoms with van der Waals surface area (Å²) < 4.78 is 5.39. The largest absolute Gasteiger partial charge is 0.381 e. The molecule has 0 heterocycles. The Hall–Kier alpha value is -0.0151. The maximum absolute atomic E-state index is 5.39. The molecule has 0 radical (unpaired) electrons. The number of nitrogens with one attached hydrogen (secondary N) is 1. The molecule has 3 heteroatoms. The van der Waals surface area contributed by atoms with E-state index in [1.807, 2.05) is 7.05 Å². The fourth-order valence-electron chi connectivity index (χ4n) is 1.23. The second-order valence-electron chi connectivity index (χ2n) is 3.42. The summed E-state index contributed by atoms with van der Waals surface area (Å²) in [6, 6.07) is 0. The monoisotopic (exact) mass is 171 g/mol. The summed E-state index contributed by atoms with van der Waals surface area (Å²) in [7, 11) is 4.28. The van der Waals surface area contributed by atoms with Gasteiger partial charge in [0.2, 0.25) is 0 Å². The lowest BCUT2D eigenvalue weighted by Gasteiger charge is -2.09. The van der Waals surface area contributed by atoms with E-state index in [1.165, 1.54) is 12.8 Å². The van der Waals surface area contributed by atoms with Gasteiger partial charge in [-0.2, -0.15) is 0 Å². The second-order valence-corrected chi connectivity index (χ2v) is 3.42. The molecule has 0 aromatic carbocycles. The van der Waals surface area contributed by atoms with Gasteiger partial charge in [-0.15, -0.1) is 0 Å². The van der Waals surface area contributed by atoms with E-state index in [4.69, 9.17) is 4.74 Å². The Morgan fingerprint density at radius 1 is 1.42 bits per heavy atom. The molecule has 2 nitrogen and oxygen atoms in total. The van der Waals surface area contributed by atoms with Crippen molar-refractivity contribution in [1.82, 2.24) is 5.32 Å². The van der Waals surface area contributed by atoms with Crippen LogP contribution in [0.2, 0.25) is 5.82 Å². The van der Waals surface area contributed by atoms with Gasteiger partial charge < -0.3 is 10.1 Å². The molecule has 1 N–H and O–H groups in total. The van der Waals surface area contributed by atoms with Crippen LogP contribution in [-0.2, 0) is 4.74 Å². The first-order valence-corrected chi connectivity index (χ1v) is 5.03. The SMILES string of the molecule is BC(CCCOCCC)CNC. The normalized spacial score (nSPS) is 13.2. The zero-order chi connectivity index (χ0) is 9.23. The van der Waals surface area contributed by atoms with E-state index in [2.05, 4.69) is 20.1 Å². The molecular formula is C9H22BNO. The predicted molar refractivity (Wildman–Crippen MR) is 56.6 cm³/mol. The van der Waals surface area contributed by atoms with Crippen LogP contribution in [0.15, 0.2) is 0 Å². The van der Waals surface area contributed by atoms with Crippen LogP contribution in [0, 0.1) is 0 Å². The van der Waals surface area contributed by atoms with Gasteiger partial charge in [-0.25, -0.2) is 0 Å². The van der Waals surface area contributed by atoms with Gasteiger partial charge in [0.1, 0.15) is 7.85 Å². The maximum atomic E-state index is 5.39. The van der Waals surface area contributed by atoms with Crippen LogP contribution < -0.4 is 5.32 Å². The third kappa shape index (κ3) is 8.09. The van der Waals surface area contributed by atoms with Crippen LogP contribution in [0.1, 0.15) is 26.2 Å². The van der Waals surface area contributed by atoms with Crippen LogP contribution >= 0.6 is 0 Å². The van der Waals surface area contributed by atoms with Crippen molar-refractivity contribution < 1.29 is 4.74 Å². The van der Waals surface area contributed by atoms with E-state index in [0.717, 1.165) is 32.0 Å². The van der Waals surface area contributed by atoms with Crippen LogP contribution in [0.5, 0.6) is 0 Å². The molecular weight excluding hydrogens is 149 g/mol. The van der Waals surface area contributed by atoms with Crippen molar-refractivity contribution in [2.24, 2.45) is 0 Å². The predicted octanol–water partition coefficient (Wildman–Crippen LogP) is 0.834. The third-order valence-corrected chi connectivity index (χ3v) is 1.89. The Morgan fingerprint density at radius 3 is 2.75 bits per heavy atom. The lowest BCUT2D eigenvalue weighted by atomic mass is 9.83. The molecule has 0 aliphatic rings. The molecule has 0 aromatic heterocycles. The van der Waals surface area contributed by atoms with Crippen molar-refractivity contribution in [3.05, 3.63) is 0 Å². The van der Waals surface area contributed by atoms with E-state index in [0.29, 0.717) is 0 Å². The van der Waals surface area contributed by atoms with Crippen molar-refractivity contribution >= 4 is 7.85 Å². The molecule has 72 valence electrons. The topological polar surface area (TPSA) is 21.3 Å². The summed E-state index contributed by atoms with van der Waals surface area (Å²) in [6.45, 7) is 5.11. The Labute approximate surface area is 77.5 Å². The number of rotatable bonds is 8. The van der Waals surface area contributed by atoms with Crippen LogP contribution in [0.3, 0.4) is 0 Å². The van der Waals surface area contributed by atoms with Crippen molar-refractivity contribution in [2.45, 2.75) is 32.0 Å². The second kappa shape index (κ2) is 9.08. The summed E-state index contributed by atoms with van der Waals surface area (Å²) in [5.74, 6) is 0.778. The van der Waals surface area contributed by atoms with Crippen molar-refractivity contribution in [2.75, 3.05) is 26.8 Å². The molecule has 0 spiro atoms. The Kier molecular flexibility index (Phi) is 9.06. The molecule has 0 saturated carbocycles. The van der Waals surface area contributed by atoms with Gasteiger partial charge in [-0.1, -0.05) is 19.2 Å². The molecule has 0 rings (SSSR count). The fraction of sp³-hybridized carbons (Fsp3) is 1.00. The van der Waals surface area contributed by atoms with Crippen molar-refractivity contribution in [1.29, 1.82) is 0 Å². The molecule has 0 amide bonds. The van der Waals surface area contributed by atoms with E-state index in [1.54, 1.807) is 0 Å². The van der Waals surface area contributed by atoms with E-state index < -0.39 is 0 Å². The zero-order valence-corrected chi connectivity index (χ0v) is 8.73. The average molecular weight is 171 g/mol. The van der Waals surface area contributed by atoms with Gasteiger partial charge in [0.25, 0.3) is 0 Å². The number of ether oxygens (including phenoxy) is 1. The summed E-state index contributed by atoms with van der Waals surface area (Å²) in [5.41, 5.74) is 0. The van der Waals surface area contributed by atoms with Crippen molar-refractivity contribution in [3.8, 4) is 0 Å². The molecule has 12 heavy (non-hydrogen) atoms. The van der Waals surface area contributed by atoms with Crippen LogP contribution in [0.4, 0.5) is 0 Å². The third-order valence-electron chi connectivity index (χ3n) is 1.89. The summed E-state index contributed by atoms with van der Waals surface area (Å²) in [4.78, 5) is 0. The average Bonchev–Trinajstić information content (AvgIpc) is 2.05. The lowest BCUT2D eigenvalue weighted by molar-refractivity contribution is 0.130.